The lowest BCUT2D eigenvalue weighted by atomic mass is 10.3. The van der Waals surface area contributed by atoms with E-state index in [0.717, 1.165) is 35.6 Å². The third-order valence-corrected chi connectivity index (χ3v) is 8.96. The number of rotatable bonds is 6. The van der Waals surface area contributed by atoms with E-state index >= 15 is 0 Å². The van der Waals surface area contributed by atoms with Gasteiger partial charge in [0.1, 0.15) is 9.10 Å². The molecule has 7 nitrogen and oxygen atoms in total. The Morgan fingerprint density at radius 1 is 0.800 bits per heavy atom. The predicted molar refractivity (Wildman–Crippen MR) is 121 cm³/mol. The minimum atomic E-state index is -4.45. The number of thiophene rings is 1. The van der Waals surface area contributed by atoms with Gasteiger partial charge in [-0.05, 0) is 35.7 Å². The van der Waals surface area contributed by atoms with E-state index in [9.17, 15) is 21.9 Å². The van der Waals surface area contributed by atoms with E-state index in [-0.39, 0.29) is 35.7 Å². The number of hydrogen-bond acceptors (Lipinski definition) is 6. The van der Waals surface area contributed by atoms with E-state index in [1.54, 1.807) is 11.4 Å². The molecule has 0 aliphatic rings. The van der Waals surface area contributed by atoms with Gasteiger partial charge in [-0.2, -0.15) is 0 Å². The SMILES string of the molecule is O=S(=O)(Nc1cc(Cl)c(Cl)cc1NS(=O)(=O)c1cc(Cl)cc(Cl)c1O)c1cccs1. The van der Waals surface area contributed by atoms with E-state index in [4.69, 9.17) is 46.4 Å². The van der Waals surface area contributed by atoms with Crippen LogP contribution in [0.1, 0.15) is 0 Å². The molecule has 3 N–H and O–H groups in total. The van der Waals surface area contributed by atoms with Crippen LogP contribution in [0.4, 0.5) is 11.4 Å². The van der Waals surface area contributed by atoms with Crippen LogP contribution in [-0.4, -0.2) is 21.9 Å². The van der Waals surface area contributed by atoms with E-state index < -0.39 is 30.7 Å². The quantitative estimate of drug-likeness (QED) is 0.368. The molecular formula is C16H10Cl4N2O5S3. The molecule has 0 spiro atoms. The molecule has 0 bridgehead atoms. The van der Waals surface area contributed by atoms with Crippen molar-refractivity contribution >= 4 is 89.2 Å². The van der Waals surface area contributed by atoms with Gasteiger partial charge in [0, 0.05) is 5.02 Å². The summed E-state index contributed by atoms with van der Waals surface area (Å²) in [6.45, 7) is 0. The zero-order chi connectivity index (χ0) is 22.3. The minimum absolute atomic E-state index is 0.00153. The smallest absolute Gasteiger partial charge is 0.271 e. The van der Waals surface area contributed by atoms with Crippen molar-refractivity contribution in [1.82, 2.24) is 0 Å². The Morgan fingerprint density at radius 2 is 1.37 bits per heavy atom. The highest BCUT2D eigenvalue weighted by molar-refractivity contribution is 7.94. The average Bonchev–Trinajstić information content (AvgIpc) is 3.17. The molecule has 0 amide bonds. The van der Waals surface area contributed by atoms with Crippen LogP contribution in [0.15, 0.2) is 50.9 Å². The monoisotopic (exact) mass is 546 g/mol. The lowest BCUT2D eigenvalue weighted by molar-refractivity contribution is 0.459. The molecule has 30 heavy (non-hydrogen) atoms. The molecule has 2 aromatic carbocycles. The first-order chi connectivity index (χ1) is 13.9. The summed E-state index contributed by atoms with van der Waals surface area (Å²) in [6, 6.07) is 7.34. The number of sulfonamides is 2. The van der Waals surface area contributed by atoms with Crippen LogP contribution in [-0.2, 0) is 20.0 Å². The second-order valence-electron chi connectivity index (χ2n) is 5.69. The van der Waals surface area contributed by atoms with Crippen LogP contribution in [0.2, 0.25) is 20.1 Å². The van der Waals surface area contributed by atoms with Gasteiger partial charge in [-0.15, -0.1) is 11.3 Å². The molecule has 14 heteroatoms. The first-order valence-corrected chi connectivity index (χ1v) is 13.0. The van der Waals surface area contributed by atoms with Crippen molar-refractivity contribution in [2.75, 3.05) is 9.44 Å². The molecule has 0 saturated carbocycles. The lowest BCUT2D eigenvalue weighted by Gasteiger charge is -2.16. The molecule has 0 unspecified atom stereocenters. The summed E-state index contributed by atoms with van der Waals surface area (Å²) in [5.41, 5.74) is -0.422. The molecule has 1 aromatic heterocycles. The van der Waals surface area contributed by atoms with E-state index in [0.29, 0.717) is 0 Å². The van der Waals surface area contributed by atoms with Gasteiger partial charge < -0.3 is 5.11 Å². The number of hydrogen-bond donors (Lipinski definition) is 3. The number of phenols is 1. The van der Waals surface area contributed by atoms with Crippen LogP contribution in [0, 0.1) is 0 Å². The summed E-state index contributed by atoms with van der Waals surface area (Å²) >= 11 is 24.6. The Labute approximate surface area is 196 Å². The molecule has 0 radical (unpaired) electrons. The molecule has 1 heterocycles. The van der Waals surface area contributed by atoms with Crippen LogP contribution in [0.3, 0.4) is 0 Å². The van der Waals surface area contributed by atoms with Crippen molar-refractivity contribution in [3.63, 3.8) is 0 Å². The largest absolute Gasteiger partial charge is 0.505 e. The third-order valence-electron chi connectivity index (χ3n) is 3.59. The predicted octanol–water partition coefficient (Wildman–Crippen LogP) is 5.67. The van der Waals surface area contributed by atoms with Crippen LogP contribution >= 0.6 is 57.7 Å². The van der Waals surface area contributed by atoms with Crippen molar-refractivity contribution < 1.29 is 21.9 Å². The Balaban J connectivity index is 2.07. The molecule has 0 aliphatic heterocycles. The zero-order valence-electron chi connectivity index (χ0n) is 14.4. The Bertz CT molecular complexity index is 1330. The minimum Gasteiger partial charge on any atom is -0.505 e. The Kier molecular flexibility index (Phi) is 6.68. The third kappa shape index (κ3) is 4.91. The number of anilines is 2. The molecule has 3 aromatic rings. The maximum atomic E-state index is 12.8. The summed E-state index contributed by atoms with van der Waals surface area (Å²) in [6.07, 6.45) is 0. The first-order valence-electron chi connectivity index (χ1n) is 7.67. The maximum absolute atomic E-state index is 12.8. The van der Waals surface area contributed by atoms with Gasteiger partial charge in [-0.1, -0.05) is 52.5 Å². The van der Waals surface area contributed by atoms with Crippen molar-refractivity contribution in [3.8, 4) is 5.75 Å². The topological polar surface area (TPSA) is 113 Å². The lowest BCUT2D eigenvalue weighted by Crippen LogP contribution is -2.17. The second-order valence-corrected chi connectivity index (χ2v) is 11.9. The Morgan fingerprint density at radius 3 is 1.90 bits per heavy atom. The number of nitrogens with one attached hydrogen (secondary N) is 2. The van der Waals surface area contributed by atoms with E-state index in [1.165, 1.54) is 6.07 Å². The standard InChI is InChI=1S/C16H10Cl4N2O5S3/c17-8-4-11(20)16(23)14(5-8)29(24,25)21-12-6-9(18)10(19)7-13(12)22-30(26,27)15-2-1-3-28-15/h1-7,21-23H. The summed E-state index contributed by atoms with van der Waals surface area (Å²) < 4.78 is 55.2. The van der Waals surface area contributed by atoms with Crippen LogP contribution in [0.25, 0.3) is 0 Å². The normalized spacial score (nSPS) is 12.0. The van der Waals surface area contributed by atoms with Crippen molar-refractivity contribution in [3.05, 3.63) is 61.9 Å². The van der Waals surface area contributed by atoms with E-state index in [1.807, 2.05) is 0 Å². The van der Waals surface area contributed by atoms with E-state index in [2.05, 4.69) is 9.44 Å². The van der Waals surface area contributed by atoms with Gasteiger partial charge in [0.15, 0.2) is 5.75 Å². The molecular weight excluding hydrogens is 538 g/mol. The fourth-order valence-electron chi connectivity index (χ4n) is 2.27. The molecule has 0 atom stereocenters. The highest BCUT2D eigenvalue weighted by Gasteiger charge is 2.25. The molecule has 3 rings (SSSR count). The number of halogens is 4. The van der Waals surface area contributed by atoms with Gasteiger partial charge in [-0.3, -0.25) is 9.44 Å². The Hall–Kier alpha value is -1.40. The van der Waals surface area contributed by atoms with Gasteiger partial charge in [-0.25, -0.2) is 16.8 Å². The molecule has 0 fully saturated rings. The number of aromatic hydroxyl groups is 1. The highest BCUT2D eigenvalue weighted by atomic mass is 35.5. The van der Waals surface area contributed by atoms with Crippen molar-refractivity contribution in [1.29, 1.82) is 0 Å². The summed E-state index contributed by atoms with van der Waals surface area (Å²) in [7, 11) is -8.48. The number of phenolic OH excluding ortho intramolecular Hbond substituents is 1. The average molecular weight is 548 g/mol. The fraction of sp³-hybridized carbons (Fsp3) is 0. The molecule has 0 aliphatic carbocycles. The van der Waals surface area contributed by atoms with Crippen LogP contribution < -0.4 is 9.44 Å². The van der Waals surface area contributed by atoms with Crippen molar-refractivity contribution in [2.24, 2.45) is 0 Å². The highest BCUT2D eigenvalue weighted by Crippen LogP contribution is 2.38. The maximum Gasteiger partial charge on any atom is 0.271 e. The van der Waals surface area contributed by atoms with Gasteiger partial charge in [0.25, 0.3) is 20.0 Å². The summed E-state index contributed by atoms with van der Waals surface area (Å²) in [5.74, 6) is -0.727. The fourth-order valence-corrected chi connectivity index (χ4v) is 6.49. The van der Waals surface area contributed by atoms with Crippen molar-refractivity contribution in [2.45, 2.75) is 9.10 Å². The van der Waals surface area contributed by atoms with Crippen LogP contribution in [0.5, 0.6) is 5.75 Å². The van der Waals surface area contributed by atoms with Gasteiger partial charge in [0.05, 0.1) is 26.4 Å². The zero-order valence-corrected chi connectivity index (χ0v) is 19.8. The first kappa shape index (κ1) is 23.3. The van der Waals surface area contributed by atoms with Gasteiger partial charge >= 0.3 is 0 Å². The molecule has 0 saturated heterocycles. The van der Waals surface area contributed by atoms with Gasteiger partial charge in [0.2, 0.25) is 0 Å². The summed E-state index contributed by atoms with van der Waals surface area (Å²) in [5, 5.41) is 11.2. The number of benzene rings is 2. The summed E-state index contributed by atoms with van der Waals surface area (Å²) in [4.78, 5) is -0.613. The molecule has 160 valence electrons. The second kappa shape index (κ2) is 8.62.